The van der Waals surface area contributed by atoms with Gasteiger partial charge in [-0.1, -0.05) is 29.4 Å². The highest BCUT2D eigenvalue weighted by atomic mass is 16.5. The third kappa shape index (κ3) is 3.50. The van der Waals surface area contributed by atoms with Gasteiger partial charge in [-0.15, -0.1) is 0 Å². The number of aromatic nitrogens is 2. The Bertz CT molecular complexity index is 591. The average Bonchev–Trinajstić information content (AvgIpc) is 2.95. The summed E-state index contributed by atoms with van der Waals surface area (Å²) in [5.41, 5.74) is 8.65. The van der Waals surface area contributed by atoms with E-state index in [1.807, 2.05) is 6.92 Å². The lowest BCUT2D eigenvalue weighted by molar-refractivity contribution is 0.362. The molecule has 112 valence electrons. The van der Waals surface area contributed by atoms with Crippen molar-refractivity contribution < 1.29 is 4.52 Å². The second-order valence-corrected chi connectivity index (χ2v) is 6.12. The summed E-state index contributed by atoms with van der Waals surface area (Å²) >= 11 is 0. The van der Waals surface area contributed by atoms with Crippen LogP contribution < -0.4 is 5.73 Å². The fourth-order valence-electron chi connectivity index (χ4n) is 3.03. The molecule has 2 atom stereocenters. The predicted molar refractivity (Wildman–Crippen MR) is 82.1 cm³/mol. The fraction of sp³-hybridized carbons (Fsp3) is 0.529. The second kappa shape index (κ2) is 6.39. The molecule has 2 N–H and O–H groups in total. The summed E-state index contributed by atoms with van der Waals surface area (Å²) in [4.78, 5) is 4.59. The zero-order valence-corrected chi connectivity index (χ0v) is 12.6. The minimum Gasteiger partial charge on any atom is -0.339 e. The molecule has 2 aromatic rings. The molecule has 3 rings (SSSR count). The highest BCUT2D eigenvalue weighted by Crippen LogP contribution is 2.31. The summed E-state index contributed by atoms with van der Waals surface area (Å²) in [6, 6.07) is 8.90. The Morgan fingerprint density at radius 1 is 1.33 bits per heavy atom. The van der Waals surface area contributed by atoms with Crippen LogP contribution in [-0.2, 0) is 19.3 Å². The minimum absolute atomic E-state index is 0.238. The molecule has 0 bridgehead atoms. The number of nitrogens with zero attached hydrogens (tertiary/aromatic N) is 2. The first-order chi connectivity index (χ1) is 10.2. The summed E-state index contributed by atoms with van der Waals surface area (Å²) in [6.07, 6.45) is 6.07. The molecule has 0 saturated carbocycles. The highest BCUT2D eigenvalue weighted by molar-refractivity contribution is 5.31. The van der Waals surface area contributed by atoms with Gasteiger partial charge in [0.05, 0.1) is 0 Å². The van der Waals surface area contributed by atoms with Crippen LogP contribution in [0.25, 0.3) is 0 Å². The van der Waals surface area contributed by atoms with Gasteiger partial charge in [0.25, 0.3) is 0 Å². The van der Waals surface area contributed by atoms with Crippen molar-refractivity contribution in [2.45, 2.75) is 57.4 Å². The van der Waals surface area contributed by atoms with E-state index in [1.54, 1.807) is 0 Å². The minimum atomic E-state index is 0.238. The topological polar surface area (TPSA) is 64.9 Å². The first kappa shape index (κ1) is 14.3. The number of aryl methyl sites for hydroxylation is 2. The molecule has 0 amide bonds. The lowest BCUT2D eigenvalue weighted by Crippen LogP contribution is -2.14. The van der Waals surface area contributed by atoms with E-state index in [9.17, 15) is 0 Å². The molecule has 1 aliphatic carbocycles. The normalized spacial score (nSPS) is 19.2. The van der Waals surface area contributed by atoms with Crippen molar-refractivity contribution in [1.29, 1.82) is 0 Å². The monoisotopic (exact) mass is 285 g/mol. The Kier molecular flexibility index (Phi) is 4.34. The van der Waals surface area contributed by atoms with Crippen LogP contribution >= 0.6 is 0 Å². The Hall–Kier alpha value is -1.68. The SMILES string of the molecule is CC(N)CCCc1nc(C2CCc3ccccc3C2)no1. The molecule has 1 heterocycles. The maximum atomic E-state index is 5.76. The predicted octanol–water partition coefficient (Wildman–Crippen LogP) is 3.01. The van der Waals surface area contributed by atoms with Crippen LogP contribution in [0.5, 0.6) is 0 Å². The van der Waals surface area contributed by atoms with E-state index in [4.69, 9.17) is 10.3 Å². The molecular formula is C17H23N3O. The first-order valence-corrected chi connectivity index (χ1v) is 7.87. The van der Waals surface area contributed by atoms with Crippen LogP contribution in [0, 0.1) is 0 Å². The third-order valence-electron chi connectivity index (χ3n) is 4.25. The maximum absolute atomic E-state index is 5.76. The van der Waals surface area contributed by atoms with Gasteiger partial charge in [-0.2, -0.15) is 4.98 Å². The van der Waals surface area contributed by atoms with Gasteiger partial charge in [0.2, 0.25) is 5.89 Å². The van der Waals surface area contributed by atoms with Crippen molar-refractivity contribution >= 4 is 0 Å². The van der Waals surface area contributed by atoms with E-state index in [0.29, 0.717) is 5.92 Å². The van der Waals surface area contributed by atoms with E-state index < -0.39 is 0 Å². The standard InChI is InChI=1S/C17H23N3O/c1-12(18)5-4-8-16-19-17(20-21-16)15-10-9-13-6-2-3-7-14(13)11-15/h2-3,6-7,12,15H,4-5,8-11,18H2,1H3. The number of benzene rings is 1. The largest absolute Gasteiger partial charge is 0.339 e. The Balaban J connectivity index is 1.62. The van der Waals surface area contributed by atoms with Gasteiger partial charge >= 0.3 is 0 Å². The zero-order chi connectivity index (χ0) is 14.7. The van der Waals surface area contributed by atoms with Gasteiger partial charge in [-0.25, -0.2) is 0 Å². The van der Waals surface area contributed by atoms with Gasteiger partial charge in [0.15, 0.2) is 5.82 Å². The average molecular weight is 285 g/mol. The molecule has 2 unspecified atom stereocenters. The van der Waals surface area contributed by atoms with E-state index in [1.165, 1.54) is 11.1 Å². The molecular weight excluding hydrogens is 262 g/mol. The van der Waals surface area contributed by atoms with Gasteiger partial charge < -0.3 is 10.3 Å². The van der Waals surface area contributed by atoms with Crippen molar-refractivity contribution in [3.63, 3.8) is 0 Å². The highest BCUT2D eigenvalue weighted by Gasteiger charge is 2.23. The number of nitrogens with two attached hydrogens (primary N) is 1. The number of fused-ring (bicyclic) bond motifs is 1. The molecule has 0 aliphatic heterocycles. The molecule has 0 fully saturated rings. The van der Waals surface area contributed by atoms with Crippen LogP contribution in [0.4, 0.5) is 0 Å². The van der Waals surface area contributed by atoms with Crippen molar-refractivity contribution in [3.05, 3.63) is 47.1 Å². The molecule has 1 aliphatic rings. The smallest absolute Gasteiger partial charge is 0.226 e. The summed E-state index contributed by atoms with van der Waals surface area (Å²) < 4.78 is 5.39. The van der Waals surface area contributed by atoms with E-state index >= 15 is 0 Å². The molecule has 1 aromatic heterocycles. The van der Waals surface area contributed by atoms with Gasteiger partial charge in [-0.05, 0) is 50.2 Å². The number of hydrogen-bond donors (Lipinski definition) is 1. The fourth-order valence-corrected chi connectivity index (χ4v) is 3.03. The van der Waals surface area contributed by atoms with E-state index in [-0.39, 0.29) is 6.04 Å². The summed E-state index contributed by atoms with van der Waals surface area (Å²) in [5, 5.41) is 4.19. The van der Waals surface area contributed by atoms with Crippen molar-refractivity contribution in [2.24, 2.45) is 5.73 Å². The van der Waals surface area contributed by atoms with E-state index in [0.717, 1.165) is 50.2 Å². The number of hydrogen-bond acceptors (Lipinski definition) is 4. The molecule has 4 nitrogen and oxygen atoms in total. The van der Waals surface area contributed by atoms with Gasteiger partial charge in [0.1, 0.15) is 0 Å². The quantitative estimate of drug-likeness (QED) is 0.917. The van der Waals surface area contributed by atoms with Crippen molar-refractivity contribution in [2.75, 3.05) is 0 Å². The first-order valence-electron chi connectivity index (χ1n) is 7.87. The Morgan fingerprint density at radius 3 is 2.95 bits per heavy atom. The lowest BCUT2D eigenvalue weighted by Gasteiger charge is -2.21. The molecule has 0 radical (unpaired) electrons. The third-order valence-corrected chi connectivity index (χ3v) is 4.25. The summed E-state index contributed by atoms with van der Waals surface area (Å²) in [6.45, 7) is 2.03. The Morgan fingerprint density at radius 2 is 2.14 bits per heavy atom. The summed E-state index contributed by atoms with van der Waals surface area (Å²) in [7, 11) is 0. The van der Waals surface area contributed by atoms with Crippen molar-refractivity contribution in [3.8, 4) is 0 Å². The van der Waals surface area contributed by atoms with Crippen LogP contribution in [0.2, 0.25) is 0 Å². The second-order valence-electron chi connectivity index (χ2n) is 6.12. The van der Waals surface area contributed by atoms with Crippen molar-refractivity contribution in [1.82, 2.24) is 10.1 Å². The maximum Gasteiger partial charge on any atom is 0.226 e. The summed E-state index contributed by atoms with van der Waals surface area (Å²) in [5.74, 6) is 2.02. The molecule has 1 aromatic carbocycles. The lowest BCUT2D eigenvalue weighted by atomic mass is 9.83. The van der Waals surface area contributed by atoms with Crippen LogP contribution in [-0.4, -0.2) is 16.2 Å². The zero-order valence-electron chi connectivity index (χ0n) is 12.6. The number of rotatable bonds is 5. The van der Waals surface area contributed by atoms with Crippen LogP contribution in [0.1, 0.15) is 54.9 Å². The molecule has 0 saturated heterocycles. The molecule has 21 heavy (non-hydrogen) atoms. The van der Waals surface area contributed by atoms with Crippen LogP contribution in [0.3, 0.4) is 0 Å². The molecule has 4 heteroatoms. The van der Waals surface area contributed by atoms with Gasteiger partial charge in [-0.3, -0.25) is 0 Å². The molecule has 0 spiro atoms. The Labute approximate surface area is 125 Å². The van der Waals surface area contributed by atoms with Crippen LogP contribution in [0.15, 0.2) is 28.8 Å². The van der Waals surface area contributed by atoms with Gasteiger partial charge in [0, 0.05) is 18.4 Å². The van der Waals surface area contributed by atoms with E-state index in [2.05, 4.69) is 34.4 Å².